The highest BCUT2D eigenvalue weighted by atomic mass is 16.7. The highest BCUT2D eigenvalue weighted by molar-refractivity contribution is 5.68. The van der Waals surface area contributed by atoms with E-state index in [1.807, 2.05) is 51.1 Å². The number of benzene rings is 1. The van der Waals surface area contributed by atoms with Crippen LogP contribution in [0.1, 0.15) is 52.0 Å². The summed E-state index contributed by atoms with van der Waals surface area (Å²) in [6.07, 6.45) is 4.13. The van der Waals surface area contributed by atoms with Crippen LogP contribution in [0.2, 0.25) is 0 Å². The summed E-state index contributed by atoms with van der Waals surface area (Å²) in [7, 11) is 0. The van der Waals surface area contributed by atoms with Crippen molar-refractivity contribution in [3.8, 4) is 0 Å². The third kappa shape index (κ3) is 7.44. The molecule has 0 bridgehead atoms. The molecule has 1 aliphatic rings. The second-order valence-corrected chi connectivity index (χ2v) is 7.84. The molecule has 1 saturated carbocycles. The minimum absolute atomic E-state index is 0.0752. The number of rotatable bonds is 7. The molecule has 0 saturated heterocycles. The largest absolute Gasteiger partial charge is 0.444 e. The van der Waals surface area contributed by atoms with Crippen molar-refractivity contribution in [1.29, 1.82) is 0 Å². The molecule has 6 heteroatoms. The molecule has 2 rings (SSSR count). The van der Waals surface area contributed by atoms with Gasteiger partial charge in [0.1, 0.15) is 12.2 Å². The van der Waals surface area contributed by atoms with Crippen LogP contribution in [0.15, 0.2) is 30.3 Å². The number of carbonyl (C=O) groups is 2. The summed E-state index contributed by atoms with van der Waals surface area (Å²) in [5, 5.41) is 4.31. The van der Waals surface area contributed by atoms with E-state index in [4.69, 9.17) is 9.57 Å². The van der Waals surface area contributed by atoms with E-state index in [-0.39, 0.29) is 12.1 Å². The van der Waals surface area contributed by atoms with E-state index >= 15 is 0 Å². The second-order valence-electron chi connectivity index (χ2n) is 7.84. The van der Waals surface area contributed by atoms with Crippen molar-refractivity contribution < 1.29 is 19.2 Å². The maximum absolute atomic E-state index is 11.9. The molecule has 26 heavy (non-hydrogen) atoms. The third-order valence-electron chi connectivity index (χ3n) is 4.30. The zero-order chi connectivity index (χ0) is 19.0. The molecule has 1 fully saturated rings. The lowest BCUT2D eigenvalue weighted by Crippen LogP contribution is -2.43. The van der Waals surface area contributed by atoms with Gasteiger partial charge in [-0.1, -0.05) is 36.8 Å². The molecule has 1 N–H and O–H groups in total. The van der Waals surface area contributed by atoms with Crippen molar-refractivity contribution in [1.82, 2.24) is 10.4 Å². The standard InChI is InChI=1S/C20H30N2O4/c1-20(2,3)26-19(24)21-18-11-7-10-17(12-18)13-22(15-23)25-14-16-8-5-4-6-9-16/h4-6,8-9,15,17-18H,7,10-14H2,1-3H3,(H,21,24)/t17-,18+/m1/s1. The van der Waals surface area contributed by atoms with Gasteiger partial charge in [0.2, 0.25) is 6.41 Å². The van der Waals surface area contributed by atoms with Gasteiger partial charge in [0.05, 0.1) is 6.54 Å². The van der Waals surface area contributed by atoms with Gasteiger partial charge in [0, 0.05) is 6.04 Å². The number of alkyl carbamates (subject to hydrolysis) is 1. The summed E-state index contributed by atoms with van der Waals surface area (Å²) in [6, 6.07) is 9.83. The number of amides is 2. The summed E-state index contributed by atoms with van der Waals surface area (Å²) in [4.78, 5) is 28.9. The minimum Gasteiger partial charge on any atom is -0.444 e. The van der Waals surface area contributed by atoms with Gasteiger partial charge in [-0.05, 0) is 51.5 Å². The summed E-state index contributed by atoms with van der Waals surface area (Å²) >= 11 is 0. The van der Waals surface area contributed by atoms with Gasteiger partial charge in [-0.2, -0.15) is 0 Å². The molecule has 6 nitrogen and oxygen atoms in total. The molecule has 0 heterocycles. The molecule has 144 valence electrons. The van der Waals surface area contributed by atoms with Crippen LogP contribution in [0.5, 0.6) is 0 Å². The van der Waals surface area contributed by atoms with Crippen molar-refractivity contribution in [2.24, 2.45) is 5.92 Å². The van der Waals surface area contributed by atoms with E-state index < -0.39 is 5.60 Å². The lowest BCUT2D eigenvalue weighted by Gasteiger charge is -2.32. The Morgan fingerprint density at radius 2 is 2.00 bits per heavy atom. The van der Waals surface area contributed by atoms with Gasteiger partial charge in [-0.3, -0.25) is 9.63 Å². The molecule has 0 radical (unpaired) electrons. The summed E-state index contributed by atoms with van der Waals surface area (Å²) in [5.74, 6) is 0.296. The Labute approximate surface area is 155 Å². The molecule has 0 aliphatic heterocycles. The van der Waals surface area contributed by atoms with Gasteiger partial charge in [0.25, 0.3) is 0 Å². The lowest BCUT2D eigenvalue weighted by atomic mass is 9.85. The fourth-order valence-electron chi connectivity index (χ4n) is 3.17. The maximum Gasteiger partial charge on any atom is 0.407 e. The predicted octanol–water partition coefficient (Wildman–Crippen LogP) is 3.66. The maximum atomic E-state index is 11.9. The number of ether oxygens (including phenoxy) is 1. The Bertz CT molecular complexity index is 571. The number of hydrogen-bond donors (Lipinski definition) is 1. The van der Waals surface area contributed by atoms with Crippen LogP contribution in [-0.2, 0) is 21.0 Å². The highest BCUT2D eigenvalue weighted by Crippen LogP contribution is 2.25. The first-order chi connectivity index (χ1) is 12.4. The normalized spacial score (nSPS) is 20.3. The molecular formula is C20H30N2O4. The number of hydrogen-bond acceptors (Lipinski definition) is 4. The van der Waals surface area contributed by atoms with E-state index in [9.17, 15) is 9.59 Å². The van der Waals surface area contributed by atoms with Gasteiger partial charge < -0.3 is 10.1 Å². The molecule has 1 aliphatic carbocycles. The number of nitrogens with zero attached hydrogens (tertiary/aromatic N) is 1. The van der Waals surface area contributed by atoms with Crippen molar-refractivity contribution in [3.63, 3.8) is 0 Å². The molecule has 0 unspecified atom stereocenters. The first-order valence-corrected chi connectivity index (χ1v) is 9.24. The van der Waals surface area contributed by atoms with Crippen molar-refractivity contribution >= 4 is 12.5 Å². The van der Waals surface area contributed by atoms with Gasteiger partial charge in [0.15, 0.2) is 0 Å². The smallest absolute Gasteiger partial charge is 0.407 e. The number of nitrogens with one attached hydrogen (secondary N) is 1. The average Bonchev–Trinajstić information content (AvgIpc) is 2.58. The van der Waals surface area contributed by atoms with Crippen molar-refractivity contribution in [2.75, 3.05) is 6.54 Å². The zero-order valence-corrected chi connectivity index (χ0v) is 15.9. The summed E-state index contributed by atoms with van der Waals surface area (Å²) in [6.45, 7) is 6.45. The molecule has 2 amide bonds. The first-order valence-electron chi connectivity index (χ1n) is 9.24. The highest BCUT2D eigenvalue weighted by Gasteiger charge is 2.26. The molecular weight excluding hydrogens is 332 g/mol. The molecule has 0 aromatic heterocycles. The van der Waals surface area contributed by atoms with Crippen molar-refractivity contribution in [2.45, 2.75) is 64.7 Å². The topological polar surface area (TPSA) is 67.9 Å². The summed E-state index contributed by atoms with van der Waals surface area (Å²) in [5.41, 5.74) is 0.519. The van der Waals surface area contributed by atoms with Crippen LogP contribution < -0.4 is 5.32 Å². The van der Waals surface area contributed by atoms with E-state index in [1.165, 1.54) is 5.06 Å². The van der Waals surface area contributed by atoms with Crippen LogP contribution in [-0.4, -0.2) is 35.8 Å². The predicted molar refractivity (Wildman–Crippen MR) is 99.1 cm³/mol. The quantitative estimate of drug-likeness (QED) is 0.594. The molecule has 1 aromatic carbocycles. The van der Waals surface area contributed by atoms with Gasteiger partial charge in [-0.15, -0.1) is 0 Å². The number of hydroxylamine groups is 2. The molecule has 0 spiro atoms. The van der Waals surface area contributed by atoms with Crippen LogP contribution in [0.3, 0.4) is 0 Å². The second kappa shape index (κ2) is 9.57. The first kappa shape index (κ1) is 20.2. The van der Waals surface area contributed by atoms with E-state index in [0.717, 1.165) is 37.7 Å². The Morgan fingerprint density at radius 3 is 2.65 bits per heavy atom. The Hall–Kier alpha value is -2.08. The van der Waals surface area contributed by atoms with E-state index in [2.05, 4.69) is 5.32 Å². The van der Waals surface area contributed by atoms with E-state index in [1.54, 1.807) is 0 Å². The Kier molecular flexibility index (Phi) is 7.45. The Morgan fingerprint density at radius 1 is 1.27 bits per heavy atom. The summed E-state index contributed by atoms with van der Waals surface area (Å²) < 4.78 is 5.32. The lowest BCUT2D eigenvalue weighted by molar-refractivity contribution is -0.182. The van der Waals surface area contributed by atoms with Gasteiger partial charge in [-0.25, -0.2) is 9.86 Å². The Balaban J connectivity index is 1.78. The van der Waals surface area contributed by atoms with Crippen LogP contribution >= 0.6 is 0 Å². The number of carbonyl (C=O) groups excluding carboxylic acids is 2. The molecule has 2 atom stereocenters. The van der Waals surface area contributed by atoms with Crippen LogP contribution in [0.4, 0.5) is 4.79 Å². The minimum atomic E-state index is -0.502. The molecule has 1 aromatic rings. The fraction of sp³-hybridized carbons (Fsp3) is 0.600. The SMILES string of the molecule is CC(C)(C)OC(=O)N[C@H]1CCC[C@@H](CN(C=O)OCc2ccccc2)C1. The van der Waals surface area contributed by atoms with Crippen LogP contribution in [0.25, 0.3) is 0 Å². The third-order valence-corrected chi connectivity index (χ3v) is 4.30. The fourth-order valence-corrected chi connectivity index (χ4v) is 3.17. The average molecular weight is 362 g/mol. The monoisotopic (exact) mass is 362 g/mol. The van der Waals surface area contributed by atoms with Crippen LogP contribution in [0, 0.1) is 5.92 Å². The van der Waals surface area contributed by atoms with E-state index in [0.29, 0.717) is 19.1 Å². The van der Waals surface area contributed by atoms with Crippen molar-refractivity contribution in [3.05, 3.63) is 35.9 Å². The zero-order valence-electron chi connectivity index (χ0n) is 15.9. The van der Waals surface area contributed by atoms with Gasteiger partial charge >= 0.3 is 6.09 Å².